The van der Waals surface area contributed by atoms with Crippen LogP contribution in [0.15, 0.2) is 18.2 Å². The number of fused-ring (bicyclic) bond motifs is 4. The van der Waals surface area contributed by atoms with Crippen molar-refractivity contribution in [3.63, 3.8) is 0 Å². The van der Waals surface area contributed by atoms with Crippen LogP contribution in [-0.2, 0) is 24.7 Å². The van der Waals surface area contributed by atoms with Gasteiger partial charge in [0.05, 0.1) is 11.8 Å². The van der Waals surface area contributed by atoms with Crippen LogP contribution in [-0.4, -0.2) is 40.1 Å². The average molecular weight is 402 g/mol. The molecule has 4 atom stereocenters. The largest absolute Gasteiger partial charge is 0.370 e. The van der Waals surface area contributed by atoms with Crippen molar-refractivity contribution in [3.05, 3.63) is 29.6 Å². The molecule has 4 amide bonds. The number of rotatable bonds is 3. The van der Waals surface area contributed by atoms with Gasteiger partial charge in [0, 0.05) is 29.3 Å². The second-order valence-corrected chi connectivity index (χ2v) is 8.89. The third kappa shape index (κ3) is 2.60. The van der Waals surface area contributed by atoms with Crippen LogP contribution >= 0.6 is 0 Å². The van der Waals surface area contributed by atoms with E-state index in [0.717, 1.165) is 0 Å². The highest BCUT2D eigenvalue weighted by molar-refractivity contribution is 6.15. The van der Waals surface area contributed by atoms with Crippen LogP contribution in [0.1, 0.15) is 39.2 Å². The summed E-state index contributed by atoms with van der Waals surface area (Å²) in [5, 5.41) is 5.84. The number of nitrogens with one attached hydrogen (secondary N) is 2. The molecule has 1 aromatic rings. The quantitative estimate of drug-likeness (QED) is 0.640. The van der Waals surface area contributed by atoms with E-state index < -0.39 is 58.4 Å². The molecule has 1 aromatic carbocycles. The van der Waals surface area contributed by atoms with Crippen molar-refractivity contribution in [2.45, 2.75) is 50.7 Å². The minimum Gasteiger partial charge on any atom is -0.370 e. The third-order valence-corrected chi connectivity index (χ3v) is 6.05. The van der Waals surface area contributed by atoms with Crippen molar-refractivity contribution in [1.82, 2.24) is 10.2 Å². The van der Waals surface area contributed by atoms with Crippen LogP contribution in [0, 0.1) is 17.7 Å². The van der Waals surface area contributed by atoms with Crippen LogP contribution in [0.25, 0.3) is 0 Å². The van der Waals surface area contributed by atoms with Crippen molar-refractivity contribution in [2.75, 3.05) is 5.32 Å². The summed E-state index contributed by atoms with van der Waals surface area (Å²) in [6.07, 6.45) is 0.179. The Morgan fingerprint density at radius 2 is 1.93 bits per heavy atom. The lowest BCUT2D eigenvalue weighted by Crippen LogP contribution is -2.55. The molecule has 1 spiro atoms. The minimum absolute atomic E-state index is 0.00835. The van der Waals surface area contributed by atoms with Crippen LogP contribution < -0.4 is 16.4 Å². The summed E-state index contributed by atoms with van der Waals surface area (Å²) in [6.45, 7) is 5.22. The van der Waals surface area contributed by atoms with Gasteiger partial charge in [0.2, 0.25) is 23.6 Å². The zero-order valence-corrected chi connectivity index (χ0v) is 16.4. The normalized spacial score (nSPS) is 30.7. The Hall–Kier alpha value is -2.81. The smallest absolute Gasteiger partial charge is 0.250 e. The van der Waals surface area contributed by atoms with E-state index in [2.05, 4.69) is 10.6 Å². The first-order valence-electron chi connectivity index (χ1n) is 9.54. The molecule has 0 unspecified atom stereocenters. The van der Waals surface area contributed by atoms with Crippen molar-refractivity contribution < 1.29 is 23.6 Å². The number of hydrogen-bond acceptors (Lipinski definition) is 5. The van der Waals surface area contributed by atoms with Gasteiger partial charge in [-0.25, -0.2) is 4.39 Å². The maximum atomic E-state index is 14.1. The van der Waals surface area contributed by atoms with E-state index in [-0.39, 0.29) is 12.8 Å². The highest BCUT2D eigenvalue weighted by Crippen LogP contribution is 2.54. The van der Waals surface area contributed by atoms with E-state index in [1.54, 1.807) is 20.8 Å². The fourth-order valence-corrected chi connectivity index (χ4v) is 4.98. The summed E-state index contributed by atoms with van der Waals surface area (Å²) >= 11 is 0. The Bertz CT molecular complexity index is 956. The van der Waals surface area contributed by atoms with Gasteiger partial charge in [0.1, 0.15) is 11.4 Å². The number of anilines is 1. The van der Waals surface area contributed by atoms with E-state index in [9.17, 15) is 23.6 Å². The first kappa shape index (κ1) is 19.5. The van der Waals surface area contributed by atoms with Crippen molar-refractivity contribution in [2.24, 2.45) is 17.6 Å². The SMILES string of the molecule is CC(C)(C)N1C(=O)[C@H]2[C@@H](C1=O)[C@]1(N[C@@H]2CCC(N)=O)C(=O)Nc2ccc(F)cc21. The Balaban J connectivity index is 1.88. The van der Waals surface area contributed by atoms with Crippen molar-refractivity contribution in [1.29, 1.82) is 0 Å². The van der Waals surface area contributed by atoms with E-state index in [1.165, 1.54) is 23.1 Å². The monoisotopic (exact) mass is 402 g/mol. The molecule has 2 fully saturated rings. The maximum absolute atomic E-state index is 14.1. The molecule has 154 valence electrons. The molecule has 4 N–H and O–H groups in total. The number of carbonyl (C=O) groups is 4. The molecule has 4 rings (SSSR count). The fourth-order valence-electron chi connectivity index (χ4n) is 4.98. The van der Waals surface area contributed by atoms with E-state index >= 15 is 0 Å². The molecule has 3 heterocycles. The number of likely N-dealkylation sites (tertiary alicyclic amines) is 1. The Morgan fingerprint density at radius 3 is 2.55 bits per heavy atom. The van der Waals surface area contributed by atoms with Gasteiger partial charge in [-0.1, -0.05) is 0 Å². The second kappa shape index (κ2) is 6.09. The second-order valence-electron chi connectivity index (χ2n) is 8.89. The number of nitrogens with zero attached hydrogens (tertiary/aromatic N) is 1. The zero-order chi connectivity index (χ0) is 21.3. The molecule has 3 aliphatic rings. The highest BCUT2D eigenvalue weighted by Gasteiger charge is 2.71. The summed E-state index contributed by atoms with van der Waals surface area (Å²) < 4.78 is 14.1. The lowest BCUT2D eigenvalue weighted by molar-refractivity contribution is -0.148. The predicted molar refractivity (Wildman–Crippen MR) is 101 cm³/mol. The summed E-state index contributed by atoms with van der Waals surface area (Å²) in [5.74, 6) is -4.36. The zero-order valence-electron chi connectivity index (χ0n) is 16.4. The first-order valence-corrected chi connectivity index (χ1v) is 9.54. The lowest BCUT2D eigenvalue weighted by atomic mass is 9.76. The summed E-state index contributed by atoms with van der Waals surface area (Å²) in [4.78, 5) is 52.4. The van der Waals surface area contributed by atoms with Gasteiger partial charge in [0.15, 0.2) is 0 Å². The summed E-state index contributed by atoms with van der Waals surface area (Å²) in [6, 6.07) is 3.24. The van der Waals surface area contributed by atoms with Gasteiger partial charge >= 0.3 is 0 Å². The van der Waals surface area contributed by atoms with Gasteiger partial charge in [-0.05, 0) is 45.4 Å². The first-order chi connectivity index (χ1) is 13.5. The number of hydrogen-bond donors (Lipinski definition) is 3. The maximum Gasteiger partial charge on any atom is 0.250 e. The number of carbonyl (C=O) groups excluding carboxylic acids is 4. The Labute approximate surface area is 167 Å². The lowest BCUT2D eigenvalue weighted by Gasteiger charge is -2.34. The molecule has 2 saturated heterocycles. The molecular formula is C20H23FN4O4. The van der Waals surface area contributed by atoms with Gasteiger partial charge in [-0.2, -0.15) is 0 Å². The molecule has 9 heteroatoms. The molecule has 0 saturated carbocycles. The number of imide groups is 1. The molecule has 0 bridgehead atoms. The average Bonchev–Trinajstić information content (AvgIpc) is 3.18. The Morgan fingerprint density at radius 1 is 1.24 bits per heavy atom. The van der Waals surface area contributed by atoms with Gasteiger partial charge in [-0.3, -0.25) is 29.4 Å². The van der Waals surface area contributed by atoms with Crippen LogP contribution in [0.4, 0.5) is 10.1 Å². The number of amides is 4. The van der Waals surface area contributed by atoms with E-state index in [0.29, 0.717) is 11.3 Å². The van der Waals surface area contributed by atoms with Crippen LogP contribution in [0.2, 0.25) is 0 Å². The third-order valence-electron chi connectivity index (χ3n) is 6.05. The predicted octanol–water partition coefficient (Wildman–Crippen LogP) is 0.610. The minimum atomic E-state index is -1.57. The van der Waals surface area contributed by atoms with Crippen LogP contribution in [0.3, 0.4) is 0 Å². The van der Waals surface area contributed by atoms with Crippen molar-refractivity contribution in [3.8, 4) is 0 Å². The number of primary amides is 1. The van der Waals surface area contributed by atoms with E-state index in [1.807, 2.05) is 0 Å². The standard InChI is InChI=1S/C20H23FN4O4/c1-19(2,3)25-16(27)14-12(6-7-13(22)26)24-20(15(14)17(25)28)10-8-9(21)4-5-11(10)23-18(20)29/h4-5,8,12,14-15,24H,6-7H2,1-3H3,(H2,22,26)(H,23,29)/t12-,14-,15+,20+/m1/s1. The van der Waals surface area contributed by atoms with E-state index in [4.69, 9.17) is 5.73 Å². The molecule has 3 aliphatic heterocycles. The Kier molecular flexibility index (Phi) is 4.10. The summed E-state index contributed by atoms with van der Waals surface area (Å²) in [5.41, 5.74) is 3.62. The molecule has 0 aliphatic carbocycles. The van der Waals surface area contributed by atoms with Crippen LogP contribution in [0.5, 0.6) is 0 Å². The molecule has 29 heavy (non-hydrogen) atoms. The topological polar surface area (TPSA) is 122 Å². The van der Waals surface area contributed by atoms with Gasteiger partial charge < -0.3 is 11.1 Å². The number of halogens is 1. The molecule has 0 radical (unpaired) electrons. The molecule has 8 nitrogen and oxygen atoms in total. The van der Waals surface area contributed by atoms with Crippen molar-refractivity contribution >= 4 is 29.3 Å². The number of nitrogens with two attached hydrogens (primary N) is 1. The molecule has 0 aromatic heterocycles. The fraction of sp³-hybridized carbons (Fsp3) is 0.500. The highest BCUT2D eigenvalue weighted by atomic mass is 19.1. The molecular weight excluding hydrogens is 379 g/mol. The van der Waals surface area contributed by atoms with Gasteiger partial charge in [-0.15, -0.1) is 0 Å². The number of benzene rings is 1. The van der Waals surface area contributed by atoms with Gasteiger partial charge in [0.25, 0.3) is 0 Å². The summed E-state index contributed by atoms with van der Waals surface area (Å²) in [7, 11) is 0.